The number of fused-ring (bicyclic) bond motifs is 1. The molecule has 4 aromatic rings. The van der Waals surface area contributed by atoms with E-state index < -0.39 is 21.0 Å². The highest BCUT2D eigenvalue weighted by Crippen LogP contribution is 2.34. The number of methoxy groups -OCH3 is 2. The molecule has 0 atom stereocenters. The van der Waals surface area contributed by atoms with Crippen LogP contribution in [0.15, 0.2) is 55.0 Å². The van der Waals surface area contributed by atoms with E-state index in [9.17, 15) is 16.8 Å². The topological polar surface area (TPSA) is 143 Å². The van der Waals surface area contributed by atoms with Crippen molar-refractivity contribution in [3.63, 3.8) is 0 Å². The average Bonchev–Trinajstić information content (AvgIpc) is 3.36. The fourth-order valence-corrected chi connectivity index (χ4v) is 4.21. The van der Waals surface area contributed by atoms with Crippen molar-refractivity contribution in [2.45, 2.75) is 0 Å². The summed E-state index contributed by atoms with van der Waals surface area (Å²) in [5.74, 6) is 1.10. The van der Waals surface area contributed by atoms with Gasteiger partial charge in [-0.1, -0.05) is 0 Å². The van der Waals surface area contributed by atoms with Crippen LogP contribution in [0, 0.1) is 0 Å². The fraction of sp³-hybridized carbons (Fsp3) is 0.227. The van der Waals surface area contributed by atoms with Gasteiger partial charge in [-0.05, 0) is 18.2 Å². The molecular formula is C22H23N5O7S2. The van der Waals surface area contributed by atoms with Crippen LogP contribution in [0.3, 0.4) is 0 Å². The highest BCUT2D eigenvalue weighted by atomic mass is 32.2. The Morgan fingerprint density at radius 2 is 1.69 bits per heavy atom. The van der Waals surface area contributed by atoms with Crippen LogP contribution in [-0.2, 0) is 25.2 Å². The van der Waals surface area contributed by atoms with Crippen LogP contribution in [0.4, 0.5) is 11.4 Å². The molecule has 0 saturated carbocycles. The van der Waals surface area contributed by atoms with Crippen LogP contribution in [0.25, 0.3) is 22.3 Å². The number of hydrogen-bond acceptors (Lipinski definition) is 11. The maximum Gasteiger partial charge on any atom is 0.264 e. The molecule has 14 heteroatoms. The van der Waals surface area contributed by atoms with Gasteiger partial charge in [-0.15, -0.1) is 0 Å². The number of ether oxygens (including phenoxy) is 2. The fourth-order valence-electron chi connectivity index (χ4n) is 3.48. The van der Waals surface area contributed by atoms with Crippen molar-refractivity contribution in [1.29, 1.82) is 0 Å². The molecule has 0 aliphatic carbocycles. The number of nitrogens with zero attached hydrogens (tertiary/aromatic N) is 5. The summed E-state index contributed by atoms with van der Waals surface area (Å²) >= 11 is 0. The van der Waals surface area contributed by atoms with Gasteiger partial charge in [0.15, 0.2) is 0 Å². The molecule has 0 aliphatic rings. The second kappa shape index (κ2) is 10.5. The monoisotopic (exact) mass is 533 g/mol. The summed E-state index contributed by atoms with van der Waals surface area (Å²) in [7, 11) is -3.45. The van der Waals surface area contributed by atoms with E-state index in [2.05, 4.69) is 15.1 Å². The van der Waals surface area contributed by atoms with E-state index in [4.69, 9.17) is 13.7 Å². The van der Waals surface area contributed by atoms with Gasteiger partial charge in [0.05, 0.1) is 62.4 Å². The van der Waals surface area contributed by atoms with E-state index in [1.807, 2.05) is 11.0 Å². The van der Waals surface area contributed by atoms with Gasteiger partial charge in [0.2, 0.25) is 10.9 Å². The smallest absolute Gasteiger partial charge is 0.264 e. The first-order chi connectivity index (χ1) is 17.2. The van der Waals surface area contributed by atoms with E-state index >= 15 is 0 Å². The van der Waals surface area contributed by atoms with E-state index in [0.717, 1.165) is 10.3 Å². The van der Waals surface area contributed by atoms with Crippen molar-refractivity contribution in [1.82, 2.24) is 19.2 Å². The van der Waals surface area contributed by atoms with Gasteiger partial charge >= 0.3 is 0 Å². The molecule has 0 radical (unpaired) electrons. The predicted octanol–water partition coefficient (Wildman–Crippen LogP) is 2.00. The first kappa shape index (κ1) is 25.3. The van der Waals surface area contributed by atoms with E-state index in [1.165, 1.54) is 32.8 Å². The molecule has 0 fully saturated rings. The molecule has 190 valence electrons. The Kier molecular flexibility index (Phi) is 7.37. The molecule has 0 saturated heterocycles. The predicted molar refractivity (Wildman–Crippen MR) is 134 cm³/mol. The maximum absolute atomic E-state index is 11.5. The first-order valence-corrected chi connectivity index (χ1v) is 13.4. The summed E-state index contributed by atoms with van der Waals surface area (Å²) in [6.45, 7) is 0.0833. The molecule has 36 heavy (non-hydrogen) atoms. The zero-order chi connectivity index (χ0) is 25.9. The number of aromatic nitrogens is 4. The summed E-state index contributed by atoms with van der Waals surface area (Å²) in [6, 6.07) is 10.7. The van der Waals surface area contributed by atoms with E-state index in [-0.39, 0.29) is 13.2 Å². The third kappa shape index (κ3) is 5.90. The molecule has 2 aromatic heterocycles. The number of hydrogen-bond donors (Lipinski definition) is 1. The van der Waals surface area contributed by atoms with Crippen molar-refractivity contribution >= 4 is 43.4 Å². The molecule has 0 bridgehead atoms. The van der Waals surface area contributed by atoms with Gasteiger partial charge in [0.25, 0.3) is 10.1 Å². The van der Waals surface area contributed by atoms with Crippen LogP contribution < -0.4 is 14.4 Å². The number of thiol groups is 1. The zero-order valence-electron chi connectivity index (χ0n) is 19.6. The maximum atomic E-state index is 11.5. The van der Waals surface area contributed by atoms with Crippen molar-refractivity contribution < 1.29 is 30.5 Å². The third-order valence-corrected chi connectivity index (χ3v) is 6.28. The lowest BCUT2D eigenvalue weighted by Gasteiger charge is -2.26. The SMILES string of the molecule is COc1cc(OC)cc(N(CCOS(C)(=O)=O)c2ccc3ncc(-c4cnn([SH](=O)=O)c4)nc3c2)c1. The number of anilines is 2. The molecular weight excluding hydrogens is 510 g/mol. The Bertz CT molecular complexity index is 1550. The summed E-state index contributed by atoms with van der Waals surface area (Å²) in [5, 5.41) is 3.80. The average molecular weight is 534 g/mol. The minimum Gasteiger partial charge on any atom is -0.497 e. The van der Waals surface area contributed by atoms with Crippen LogP contribution in [0.2, 0.25) is 0 Å². The van der Waals surface area contributed by atoms with Crippen LogP contribution in [0.1, 0.15) is 0 Å². The van der Waals surface area contributed by atoms with Crippen LogP contribution in [-0.4, -0.2) is 69.6 Å². The summed E-state index contributed by atoms with van der Waals surface area (Å²) in [6.07, 6.45) is 5.26. The summed E-state index contributed by atoms with van der Waals surface area (Å²) in [4.78, 5) is 10.9. The lowest BCUT2D eigenvalue weighted by atomic mass is 10.2. The largest absolute Gasteiger partial charge is 0.497 e. The molecule has 2 heterocycles. The van der Waals surface area contributed by atoms with Gasteiger partial charge < -0.3 is 14.4 Å². The molecule has 4 rings (SSSR count). The van der Waals surface area contributed by atoms with Crippen LogP contribution in [0.5, 0.6) is 11.5 Å². The van der Waals surface area contributed by atoms with Crippen LogP contribution >= 0.6 is 0 Å². The molecule has 0 N–H and O–H groups in total. The quantitative estimate of drug-likeness (QED) is 0.236. The van der Waals surface area contributed by atoms with Crippen molar-refractivity contribution in [3.05, 3.63) is 55.0 Å². The Hall–Kier alpha value is -3.75. The Morgan fingerprint density at radius 1 is 0.972 bits per heavy atom. The third-order valence-electron chi connectivity index (χ3n) is 5.13. The normalized spacial score (nSPS) is 11.7. The Labute approximate surface area is 209 Å². The van der Waals surface area contributed by atoms with Gasteiger partial charge in [-0.25, -0.2) is 13.4 Å². The second-order valence-electron chi connectivity index (χ2n) is 7.56. The van der Waals surface area contributed by atoms with E-state index in [0.29, 0.717) is 45.2 Å². The molecule has 2 aromatic carbocycles. The first-order valence-electron chi connectivity index (χ1n) is 10.5. The molecule has 0 aliphatic heterocycles. The van der Waals surface area contributed by atoms with E-state index in [1.54, 1.807) is 30.3 Å². The van der Waals surface area contributed by atoms with Gasteiger partial charge in [0.1, 0.15) is 11.5 Å². The highest BCUT2D eigenvalue weighted by Gasteiger charge is 2.16. The van der Waals surface area contributed by atoms with Crippen molar-refractivity contribution in [2.75, 3.05) is 38.5 Å². The highest BCUT2D eigenvalue weighted by molar-refractivity contribution is 7.85. The Balaban J connectivity index is 1.77. The second-order valence-corrected chi connectivity index (χ2v) is 10.1. The number of benzene rings is 2. The lowest BCUT2D eigenvalue weighted by Crippen LogP contribution is -2.23. The van der Waals surface area contributed by atoms with Gasteiger partial charge in [-0.2, -0.15) is 17.6 Å². The van der Waals surface area contributed by atoms with Crippen molar-refractivity contribution in [3.8, 4) is 22.8 Å². The van der Waals surface area contributed by atoms with Gasteiger partial charge in [-0.3, -0.25) is 9.17 Å². The molecule has 0 amide bonds. The molecule has 0 unspecified atom stereocenters. The Morgan fingerprint density at radius 3 is 2.31 bits per heavy atom. The summed E-state index contributed by atoms with van der Waals surface area (Å²) in [5.41, 5.74) is 3.43. The van der Waals surface area contributed by atoms with Crippen molar-refractivity contribution in [2.24, 2.45) is 0 Å². The minimum atomic E-state index is -3.63. The molecule has 12 nitrogen and oxygen atoms in total. The van der Waals surface area contributed by atoms with Gasteiger partial charge in [0, 0.05) is 41.7 Å². The summed E-state index contributed by atoms with van der Waals surface area (Å²) < 4.78 is 62.0. The lowest BCUT2D eigenvalue weighted by molar-refractivity contribution is 0.330. The number of rotatable bonds is 10. The molecule has 0 spiro atoms. The zero-order valence-corrected chi connectivity index (χ0v) is 21.3. The minimum absolute atomic E-state index is 0.103. The standard InChI is InChI=1S/C22H23N5O7S2/c1-32-18-8-17(9-19(11-18)33-2)26(6-7-34-36(3,30)31)16-4-5-20-21(10-16)25-22(13-23-20)15-12-24-27(14-15)35(28)29/h4-5,8-14,35H,6-7H2,1-3H3.